The third kappa shape index (κ3) is 13.7. The summed E-state index contributed by atoms with van der Waals surface area (Å²) in [5.41, 5.74) is 0. The van der Waals surface area contributed by atoms with Crippen LogP contribution in [0.15, 0.2) is 0 Å². The summed E-state index contributed by atoms with van der Waals surface area (Å²) in [5, 5.41) is 0. The Balaban J connectivity index is 0.958. The van der Waals surface area contributed by atoms with E-state index in [1.165, 1.54) is 257 Å². The Labute approximate surface area is 458 Å². The van der Waals surface area contributed by atoms with Crippen LogP contribution in [0.3, 0.4) is 0 Å². The van der Waals surface area contributed by atoms with Crippen LogP contribution in [0, 0.1) is 82.9 Å². The van der Waals surface area contributed by atoms with Crippen molar-refractivity contribution in [2.24, 2.45) is 82.9 Å². The highest BCUT2D eigenvalue weighted by Crippen LogP contribution is 2.67. The molecule has 0 aromatic heterocycles. The number of unbranched alkanes of at least 4 members (excludes halogenated alkanes) is 10. The molecule has 10 saturated carbocycles. The van der Waals surface area contributed by atoms with Crippen LogP contribution in [0.1, 0.15) is 310 Å². The third-order valence-electron chi connectivity index (χ3n) is 25.8. The van der Waals surface area contributed by atoms with E-state index in [1.807, 2.05) is 0 Å². The number of nitrogens with zero attached hydrogens (tertiary/aromatic N) is 2. The van der Waals surface area contributed by atoms with Crippen molar-refractivity contribution in [1.82, 2.24) is 9.80 Å². The zero-order valence-electron chi connectivity index (χ0n) is 49.5. The maximum absolute atomic E-state index is 15.3. The molecule has 10 aliphatic rings. The van der Waals surface area contributed by atoms with E-state index in [2.05, 4.69) is 37.5 Å². The Hall–Kier alpha value is -0.220. The maximum Gasteiger partial charge on any atom is 0.100 e. The van der Waals surface area contributed by atoms with E-state index in [1.54, 1.807) is 0 Å². The summed E-state index contributed by atoms with van der Waals surface area (Å²) in [6.07, 6.45) is 59.3. The van der Waals surface area contributed by atoms with Crippen LogP contribution in [-0.2, 0) is 0 Å². The minimum Gasteiger partial charge on any atom is -0.294 e. The Morgan fingerprint density at radius 2 is 0.622 bits per heavy atom. The first-order valence-electron chi connectivity index (χ1n) is 35.1. The van der Waals surface area contributed by atoms with Gasteiger partial charge in [0.05, 0.1) is 0 Å². The van der Waals surface area contributed by atoms with Crippen LogP contribution in [0.25, 0.3) is 0 Å². The smallest absolute Gasteiger partial charge is 0.100 e. The summed E-state index contributed by atoms with van der Waals surface area (Å²) in [6.45, 7) is 9.84. The molecule has 10 aliphatic carbocycles. The highest BCUT2D eigenvalue weighted by Gasteiger charge is 2.63. The first-order valence-corrected chi connectivity index (χ1v) is 35.1. The lowest BCUT2D eigenvalue weighted by Gasteiger charge is -2.68. The maximum atomic E-state index is 15.3. The topological polar surface area (TPSA) is 6.48 Å². The van der Waals surface area contributed by atoms with E-state index in [-0.39, 0.29) is 0 Å². The molecule has 0 spiro atoms. The number of hydrogen-bond acceptors (Lipinski definition) is 2. The van der Waals surface area contributed by atoms with Crippen molar-refractivity contribution in [1.29, 1.82) is 0 Å². The fourth-order valence-corrected chi connectivity index (χ4v) is 21.9. The molecule has 10 atom stereocenters. The van der Waals surface area contributed by atoms with Crippen LogP contribution < -0.4 is 0 Å². The van der Waals surface area contributed by atoms with Gasteiger partial charge in [0.15, 0.2) is 0 Å². The second kappa shape index (κ2) is 28.0. The number of rotatable bonds is 22. The Morgan fingerprint density at radius 1 is 0.311 bits per heavy atom. The van der Waals surface area contributed by atoms with Crippen LogP contribution in [0.2, 0.25) is 0 Å². The van der Waals surface area contributed by atoms with Gasteiger partial charge < -0.3 is 0 Å². The van der Waals surface area contributed by atoms with Gasteiger partial charge >= 0.3 is 0 Å². The summed E-state index contributed by atoms with van der Waals surface area (Å²) < 4.78 is 30.6. The van der Waals surface area contributed by atoms with Gasteiger partial charge in [-0.15, -0.1) is 0 Å². The molecule has 426 valence electrons. The van der Waals surface area contributed by atoms with Crippen LogP contribution in [0.4, 0.5) is 8.78 Å². The molecule has 0 aromatic rings. The van der Waals surface area contributed by atoms with Gasteiger partial charge in [0, 0.05) is 36.3 Å². The fraction of sp³-hybridized carbons (Fsp3) is 1.00. The van der Waals surface area contributed by atoms with Crippen LogP contribution >= 0.6 is 0 Å². The molecule has 0 saturated heterocycles. The normalized spacial score (nSPS) is 45.1. The predicted octanol–water partition coefficient (Wildman–Crippen LogP) is 20.5. The minimum atomic E-state index is -0.556. The lowest BCUT2D eigenvalue weighted by atomic mass is 9.41. The highest BCUT2D eigenvalue weighted by atomic mass is 19.1. The van der Waals surface area contributed by atoms with Crippen molar-refractivity contribution in [3.8, 4) is 0 Å². The molecule has 4 heteroatoms. The summed E-state index contributed by atoms with van der Waals surface area (Å²) in [5.74, 6) is 12.0. The molecular formula is C70H122F2N2. The van der Waals surface area contributed by atoms with E-state index in [4.69, 9.17) is 0 Å². The summed E-state index contributed by atoms with van der Waals surface area (Å²) in [4.78, 5) is 6.90. The van der Waals surface area contributed by atoms with E-state index in [0.29, 0.717) is 0 Å². The zero-order chi connectivity index (χ0) is 51.0. The fourth-order valence-electron chi connectivity index (χ4n) is 21.9. The average Bonchev–Trinajstić information content (AvgIpc) is 3.43. The summed E-state index contributed by atoms with van der Waals surface area (Å²) in [7, 11) is 0. The monoisotopic (exact) mass is 1030 g/mol. The van der Waals surface area contributed by atoms with E-state index in [9.17, 15) is 0 Å². The molecule has 2 nitrogen and oxygen atoms in total. The molecule has 10 fully saturated rings. The van der Waals surface area contributed by atoms with Crippen molar-refractivity contribution in [2.75, 3.05) is 0 Å². The molecule has 0 bridgehead atoms. The van der Waals surface area contributed by atoms with Gasteiger partial charge in [0.1, 0.15) is 12.3 Å². The number of halogens is 2. The van der Waals surface area contributed by atoms with Crippen molar-refractivity contribution in [3.63, 3.8) is 0 Å². The van der Waals surface area contributed by atoms with Gasteiger partial charge in [-0.05, 0) is 275 Å². The zero-order valence-corrected chi connectivity index (χ0v) is 49.5. The Kier molecular flexibility index (Phi) is 21.6. The summed E-state index contributed by atoms with van der Waals surface area (Å²) >= 11 is 0. The lowest BCUT2D eigenvalue weighted by Crippen LogP contribution is -2.67. The lowest BCUT2D eigenvalue weighted by molar-refractivity contribution is -0.190. The van der Waals surface area contributed by atoms with Crippen molar-refractivity contribution in [2.45, 2.75) is 359 Å². The van der Waals surface area contributed by atoms with Crippen LogP contribution in [0.5, 0.6) is 0 Å². The minimum absolute atomic E-state index is 0.556. The molecule has 10 unspecified atom stereocenters. The SMILES string of the molecule is CCCCCCCCC1CCC(N(C2CCC(C)CC2)C2CC(C3CCC(F)CC3)C3CCC4C5C(CCC2C35)C(C2CCC(F)CC2)CC4N(C2CCC(C)CC2)C2CCC(CCCCCCCC)CC2)CC1. The van der Waals surface area contributed by atoms with Gasteiger partial charge in [0.25, 0.3) is 0 Å². The Morgan fingerprint density at radius 3 is 0.973 bits per heavy atom. The van der Waals surface area contributed by atoms with Crippen molar-refractivity contribution >= 4 is 0 Å². The molecule has 0 heterocycles. The van der Waals surface area contributed by atoms with E-state index < -0.39 is 12.3 Å². The Bertz CT molecular complexity index is 1450. The average molecular weight is 1030 g/mol. The molecule has 0 aliphatic heterocycles. The van der Waals surface area contributed by atoms with Gasteiger partial charge in [-0.3, -0.25) is 9.80 Å². The first kappa shape index (κ1) is 57.0. The molecule has 74 heavy (non-hydrogen) atoms. The largest absolute Gasteiger partial charge is 0.294 e. The van der Waals surface area contributed by atoms with E-state index >= 15 is 8.78 Å². The molecule has 0 amide bonds. The summed E-state index contributed by atoms with van der Waals surface area (Å²) in [6, 6.07) is 4.66. The second-order valence-corrected chi connectivity index (χ2v) is 30.1. The third-order valence-corrected chi connectivity index (χ3v) is 25.8. The molecule has 0 radical (unpaired) electrons. The van der Waals surface area contributed by atoms with Gasteiger partial charge in [0.2, 0.25) is 0 Å². The van der Waals surface area contributed by atoms with Crippen molar-refractivity contribution in [3.05, 3.63) is 0 Å². The molecular weight excluding hydrogens is 907 g/mol. The van der Waals surface area contributed by atoms with Crippen LogP contribution in [-0.4, -0.2) is 58.4 Å². The predicted molar refractivity (Wildman–Crippen MR) is 311 cm³/mol. The molecule has 0 N–H and O–H groups in total. The second-order valence-electron chi connectivity index (χ2n) is 30.1. The number of hydrogen-bond donors (Lipinski definition) is 0. The van der Waals surface area contributed by atoms with Gasteiger partial charge in [-0.25, -0.2) is 8.78 Å². The first-order chi connectivity index (χ1) is 36.3. The van der Waals surface area contributed by atoms with Gasteiger partial charge in [-0.2, -0.15) is 0 Å². The van der Waals surface area contributed by atoms with E-state index in [0.717, 1.165) is 145 Å². The quantitative estimate of drug-likeness (QED) is 0.0997. The molecule has 0 aromatic carbocycles. The van der Waals surface area contributed by atoms with Crippen molar-refractivity contribution < 1.29 is 8.78 Å². The number of alkyl halides is 2. The standard InChI is InChI=1S/C70H122F2N2/c1-5-7-9-11-13-15-17-51-23-39-59(40-24-51)73(57-35-19-49(3)20-36-57)67-47-65(53-27-31-55(71)32-28-53)61-44-46-64-68(48-66(54-29-33-56(72)34-30-54)62-43-45-63(67)69(61)70(62)64)74(58-37-21-50(4)22-38-58)60-41-25-52(26-42-60)18-16-14-12-10-8-6-2/h49-70H,5-48H2,1-4H3. The van der Waals surface area contributed by atoms with Gasteiger partial charge in [-0.1, -0.05) is 118 Å². The molecule has 10 rings (SSSR count). The highest BCUT2D eigenvalue weighted by molar-refractivity contribution is 5.14.